The Morgan fingerprint density at radius 1 is 1.17 bits per heavy atom. The molecule has 0 saturated heterocycles. The van der Waals surface area contributed by atoms with Gasteiger partial charge in [-0.3, -0.25) is 4.57 Å². The Labute approximate surface area is 108 Å². The quantitative estimate of drug-likeness (QED) is 0.589. The van der Waals surface area contributed by atoms with Gasteiger partial charge in [-0.25, -0.2) is 8.42 Å². The van der Waals surface area contributed by atoms with Gasteiger partial charge in [-0.1, -0.05) is 12.2 Å². The van der Waals surface area contributed by atoms with E-state index in [1.165, 1.54) is 14.2 Å². The highest BCUT2D eigenvalue weighted by Crippen LogP contribution is 2.56. The van der Waals surface area contributed by atoms with Crippen molar-refractivity contribution >= 4 is 17.4 Å². The Bertz CT molecular complexity index is 498. The molecule has 0 aromatic carbocycles. The second kappa shape index (κ2) is 6.18. The molecule has 1 aliphatic carbocycles. The predicted octanol–water partition coefficient (Wildman–Crippen LogP) is 2.85. The van der Waals surface area contributed by atoms with Gasteiger partial charge in [0.25, 0.3) is 0 Å². The molecule has 0 aromatic heterocycles. The molecule has 5 nitrogen and oxygen atoms in total. The predicted molar refractivity (Wildman–Crippen MR) is 70.1 cm³/mol. The summed E-state index contributed by atoms with van der Waals surface area (Å²) in [4.78, 5) is 0. The third-order valence-electron chi connectivity index (χ3n) is 2.82. The summed E-state index contributed by atoms with van der Waals surface area (Å²) < 4.78 is 44.8. The highest BCUT2D eigenvalue weighted by Gasteiger charge is 2.35. The number of allylic oxidation sites excluding steroid dienone is 1. The van der Waals surface area contributed by atoms with Gasteiger partial charge in [0.15, 0.2) is 14.5 Å². The van der Waals surface area contributed by atoms with Crippen LogP contribution in [0.4, 0.5) is 0 Å². The lowest BCUT2D eigenvalue weighted by molar-refractivity contribution is 0.285. The molecule has 0 radical (unpaired) electrons. The third kappa shape index (κ3) is 3.81. The Morgan fingerprint density at radius 3 is 2.06 bits per heavy atom. The molecule has 7 heteroatoms. The van der Waals surface area contributed by atoms with E-state index >= 15 is 0 Å². The molecule has 0 heterocycles. The molecular formula is C11H19O5PS. The monoisotopic (exact) mass is 294 g/mol. The van der Waals surface area contributed by atoms with Crippen LogP contribution in [0.25, 0.3) is 0 Å². The van der Waals surface area contributed by atoms with E-state index in [0.29, 0.717) is 0 Å². The van der Waals surface area contributed by atoms with Crippen molar-refractivity contribution in [3.8, 4) is 0 Å². The Hall–Kier alpha value is -0.380. The van der Waals surface area contributed by atoms with Gasteiger partial charge < -0.3 is 9.05 Å². The summed E-state index contributed by atoms with van der Waals surface area (Å²) >= 11 is 0. The number of sulfone groups is 1. The molecule has 18 heavy (non-hydrogen) atoms. The molecule has 1 aliphatic rings. The first-order valence-corrected chi connectivity index (χ1v) is 9.17. The van der Waals surface area contributed by atoms with Gasteiger partial charge >= 0.3 is 7.60 Å². The minimum absolute atomic E-state index is 0.364. The topological polar surface area (TPSA) is 69.7 Å². The van der Waals surface area contributed by atoms with E-state index in [9.17, 15) is 13.0 Å². The maximum absolute atomic E-state index is 12.2. The van der Waals surface area contributed by atoms with Crippen molar-refractivity contribution in [3.63, 3.8) is 0 Å². The van der Waals surface area contributed by atoms with Crippen molar-refractivity contribution in [2.75, 3.05) is 20.5 Å². The lowest BCUT2D eigenvalue weighted by Gasteiger charge is -2.15. The van der Waals surface area contributed by atoms with Crippen LogP contribution in [0.5, 0.6) is 0 Å². The van der Waals surface area contributed by atoms with Crippen molar-refractivity contribution in [1.82, 2.24) is 0 Å². The zero-order chi connectivity index (χ0) is 13.8. The van der Waals surface area contributed by atoms with Crippen LogP contribution in [0.3, 0.4) is 0 Å². The summed E-state index contributed by atoms with van der Waals surface area (Å²) in [5.74, 6) is 0. The van der Waals surface area contributed by atoms with Crippen LogP contribution < -0.4 is 0 Å². The Morgan fingerprint density at radius 2 is 1.67 bits per heavy atom. The normalized spacial score (nSPS) is 17.4. The van der Waals surface area contributed by atoms with Crippen LogP contribution in [0.15, 0.2) is 16.0 Å². The van der Waals surface area contributed by atoms with E-state index < -0.39 is 17.4 Å². The molecule has 0 unspecified atom stereocenters. The Balaban J connectivity index is 3.39. The lowest BCUT2D eigenvalue weighted by Crippen LogP contribution is -2.05. The van der Waals surface area contributed by atoms with Crippen LogP contribution in [0.2, 0.25) is 0 Å². The molecule has 1 rings (SSSR count). The first-order valence-electron chi connectivity index (χ1n) is 5.74. The highest BCUT2D eigenvalue weighted by atomic mass is 32.2. The standard InChI is InChI=1S/C11H19O5PS/c1-15-17(12,16-2)11(18(3,13)14)9-10-7-5-4-6-8-10/h4-8H2,1-3H3. The largest absolute Gasteiger partial charge is 0.379 e. The average Bonchev–Trinajstić information content (AvgIpc) is 2.35. The first-order chi connectivity index (χ1) is 8.33. The van der Waals surface area contributed by atoms with Crippen molar-refractivity contribution < 1.29 is 22.0 Å². The molecular weight excluding hydrogens is 275 g/mol. The van der Waals surface area contributed by atoms with Gasteiger partial charge in [0, 0.05) is 20.5 Å². The van der Waals surface area contributed by atoms with E-state index in [0.717, 1.165) is 43.9 Å². The first kappa shape index (κ1) is 15.7. The van der Waals surface area contributed by atoms with E-state index in [4.69, 9.17) is 9.05 Å². The van der Waals surface area contributed by atoms with Gasteiger partial charge in [-0.15, -0.1) is 0 Å². The zero-order valence-corrected chi connectivity index (χ0v) is 12.6. The van der Waals surface area contributed by atoms with Crippen molar-refractivity contribution in [2.24, 2.45) is 0 Å². The summed E-state index contributed by atoms with van der Waals surface area (Å²) in [6, 6.07) is 0. The summed E-state index contributed by atoms with van der Waals surface area (Å²) in [6.45, 7) is 0. The van der Waals surface area contributed by atoms with E-state index in [1.54, 1.807) is 0 Å². The van der Waals surface area contributed by atoms with E-state index in [1.807, 2.05) is 0 Å². The van der Waals surface area contributed by atoms with Gasteiger partial charge in [0.05, 0.1) is 0 Å². The molecule has 0 amide bonds. The molecule has 1 fully saturated rings. The minimum Gasteiger partial charge on any atom is -0.308 e. The summed E-state index contributed by atoms with van der Waals surface area (Å²) in [7, 11) is -5.12. The second-order valence-electron chi connectivity index (χ2n) is 4.23. The third-order valence-corrected chi connectivity index (χ3v) is 6.86. The Kier molecular flexibility index (Phi) is 5.38. The molecule has 104 valence electrons. The molecule has 0 aliphatic heterocycles. The van der Waals surface area contributed by atoms with Crippen molar-refractivity contribution in [3.05, 3.63) is 16.0 Å². The van der Waals surface area contributed by atoms with E-state index in [-0.39, 0.29) is 4.65 Å². The SMILES string of the molecule is COP(=O)(OC)C(=C=C1CCCCC1)S(C)(=O)=O. The smallest absolute Gasteiger partial charge is 0.308 e. The van der Waals surface area contributed by atoms with Gasteiger partial charge in [-0.2, -0.15) is 0 Å². The fourth-order valence-electron chi connectivity index (χ4n) is 1.86. The van der Waals surface area contributed by atoms with Crippen LogP contribution >= 0.6 is 7.60 Å². The lowest BCUT2D eigenvalue weighted by atomic mass is 9.96. The van der Waals surface area contributed by atoms with Gasteiger partial charge in [0.1, 0.15) is 0 Å². The van der Waals surface area contributed by atoms with Crippen LogP contribution in [0, 0.1) is 0 Å². The summed E-state index contributed by atoms with van der Waals surface area (Å²) in [5, 5.41) is 0. The molecule has 0 spiro atoms. The van der Waals surface area contributed by atoms with Crippen molar-refractivity contribution in [2.45, 2.75) is 32.1 Å². The van der Waals surface area contributed by atoms with Gasteiger partial charge in [0.2, 0.25) is 0 Å². The molecule has 0 atom stereocenters. The molecule has 0 N–H and O–H groups in total. The van der Waals surface area contributed by atoms with Crippen molar-refractivity contribution in [1.29, 1.82) is 0 Å². The maximum atomic E-state index is 12.2. The number of hydrogen-bond acceptors (Lipinski definition) is 5. The zero-order valence-electron chi connectivity index (χ0n) is 10.9. The number of rotatable bonds is 4. The maximum Gasteiger partial charge on any atom is 0.379 e. The van der Waals surface area contributed by atoms with E-state index in [2.05, 4.69) is 5.73 Å². The summed E-state index contributed by atoms with van der Waals surface area (Å²) in [5.41, 5.74) is 3.64. The molecule has 0 bridgehead atoms. The fourth-order valence-corrected chi connectivity index (χ4v) is 5.04. The van der Waals surface area contributed by atoms with Crippen LogP contribution in [-0.4, -0.2) is 28.9 Å². The van der Waals surface area contributed by atoms with Crippen LogP contribution in [-0.2, 0) is 23.4 Å². The molecule has 1 saturated carbocycles. The van der Waals surface area contributed by atoms with Crippen LogP contribution in [0.1, 0.15) is 32.1 Å². The minimum atomic E-state index is -3.78. The highest BCUT2D eigenvalue weighted by molar-refractivity contribution is 8.02. The average molecular weight is 294 g/mol. The van der Waals surface area contributed by atoms with Gasteiger partial charge in [-0.05, 0) is 31.3 Å². The fraction of sp³-hybridized carbons (Fsp3) is 0.727. The number of hydrogen-bond donors (Lipinski definition) is 0. The second-order valence-corrected chi connectivity index (χ2v) is 8.66. The molecule has 0 aromatic rings. The summed E-state index contributed by atoms with van der Waals surface area (Å²) in [6.07, 6.45) is 5.70.